The largest absolute Gasteiger partial charge is 0.375 e. The maximum Gasteiger partial charge on any atom is 0.231 e. The number of nitrogens with two attached hydrogens (primary N) is 1. The summed E-state index contributed by atoms with van der Waals surface area (Å²) in [6.45, 7) is 0. The molecule has 3 N–H and O–H groups in total. The number of nitrogens with zero attached hydrogens (tertiary/aromatic N) is 2. The first-order valence-corrected chi connectivity index (χ1v) is 6.42. The molecule has 0 spiro atoms. The predicted molar refractivity (Wildman–Crippen MR) is 67.9 cm³/mol. The van der Waals surface area contributed by atoms with Crippen molar-refractivity contribution in [2.75, 3.05) is 11.1 Å². The van der Waals surface area contributed by atoms with Crippen LogP contribution in [0.15, 0.2) is 16.8 Å². The molecule has 0 unspecified atom stereocenters. The van der Waals surface area contributed by atoms with E-state index < -0.39 is 0 Å². The number of rotatable bonds is 3. The van der Waals surface area contributed by atoms with Crippen LogP contribution in [0.2, 0.25) is 0 Å². The van der Waals surface area contributed by atoms with E-state index in [1.165, 1.54) is 22.7 Å². The molecule has 0 saturated carbocycles. The van der Waals surface area contributed by atoms with Crippen molar-refractivity contribution in [2.45, 2.75) is 6.42 Å². The molecule has 0 atom stereocenters. The van der Waals surface area contributed by atoms with Crippen LogP contribution in [0, 0.1) is 11.3 Å². The van der Waals surface area contributed by atoms with Gasteiger partial charge < -0.3 is 11.1 Å². The molecule has 0 aromatic carbocycles. The van der Waals surface area contributed by atoms with E-state index in [2.05, 4.69) is 10.3 Å². The topological polar surface area (TPSA) is 91.8 Å². The molecule has 2 aromatic rings. The summed E-state index contributed by atoms with van der Waals surface area (Å²) in [5.74, 6) is -0.200. The molecule has 1 amide bonds. The van der Waals surface area contributed by atoms with E-state index in [9.17, 15) is 4.79 Å². The molecule has 0 bridgehead atoms. The Hall–Kier alpha value is -1.91. The Kier molecular flexibility index (Phi) is 3.37. The number of carbonyl (C=O) groups excluding carboxylic acids is 1. The summed E-state index contributed by atoms with van der Waals surface area (Å²) in [7, 11) is 0. The molecule has 17 heavy (non-hydrogen) atoms. The van der Waals surface area contributed by atoms with Gasteiger partial charge in [-0.15, -0.1) is 22.7 Å². The monoisotopic (exact) mass is 264 g/mol. The number of nitrogens with one attached hydrogen (secondary N) is 1. The second-order valence-corrected chi connectivity index (χ2v) is 4.98. The highest BCUT2D eigenvalue weighted by Crippen LogP contribution is 2.22. The van der Waals surface area contributed by atoms with Crippen LogP contribution in [0.1, 0.15) is 11.3 Å². The van der Waals surface area contributed by atoms with Crippen molar-refractivity contribution in [1.82, 2.24) is 4.98 Å². The summed E-state index contributed by atoms with van der Waals surface area (Å²) in [6, 6.07) is 3.68. The highest BCUT2D eigenvalue weighted by atomic mass is 32.1. The number of nitriles is 1. The first-order chi connectivity index (χ1) is 8.19. The third-order valence-electron chi connectivity index (χ3n) is 1.95. The first-order valence-electron chi connectivity index (χ1n) is 4.66. The van der Waals surface area contributed by atoms with Gasteiger partial charge in [-0.05, 0) is 11.4 Å². The fourth-order valence-corrected chi connectivity index (χ4v) is 2.55. The lowest BCUT2D eigenvalue weighted by Crippen LogP contribution is -2.14. The lowest BCUT2D eigenvalue weighted by molar-refractivity contribution is -0.115. The summed E-state index contributed by atoms with van der Waals surface area (Å²) < 4.78 is 0. The van der Waals surface area contributed by atoms with Crippen LogP contribution >= 0.6 is 22.7 Å². The van der Waals surface area contributed by atoms with Crippen LogP contribution in [0.3, 0.4) is 0 Å². The van der Waals surface area contributed by atoms with Crippen LogP contribution in [-0.4, -0.2) is 10.9 Å². The van der Waals surface area contributed by atoms with Gasteiger partial charge in [0.2, 0.25) is 5.91 Å². The third-order valence-corrected chi connectivity index (χ3v) is 3.50. The Morgan fingerprint density at radius 3 is 3.06 bits per heavy atom. The molecule has 7 heteroatoms. The van der Waals surface area contributed by atoms with Crippen molar-refractivity contribution in [3.8, 4) is 6.07 Å². The average molecular weight is 264 g/mol. The molecule has 0 aliphatic rings. The van der Waals surface area contributed by atoms with E-state index in [0.29, 0.717) is 21.4 Å². The average Bonchev–Trinajstić information content (AvgIpc) is 2.87. The zero-order valence-corrected chi connectivity index (χ0v) is 10.3. The minimum atomic E-state index is -0.200. The predicted octanol–water partition coefficient (Wildman–Crippen LogP) is 1.84. The summed E-state index contributed by atoms with van der Waals surface area (Å²) in [5.41, 5.74) is 6.58. The SMILES string of the molecule is N#Cc1ccsc1NC(=O)Cc1csc(N)n1. The second-order valence-electron chi connectivity index (χ2n) is 3.18. The second kappa shape index (κ2) is 4.95. The number of amides is 1. The van der Waals surface area contributed by atoms with Crippen LogP contribution in [0.25, 0.3) is 0 Å². The number of thiophene rings is 1. The van der Waals surface area contributed by atoms with Crippen molar-refractivity contribution < 1.29 is 4.79 Å². The molecule has 2 heterocycles. The maximum absolute atomic E-state index is 11.7. The van der Waals surface area contributed by atoms with Gasteiger partial charge >= 0.3 is 0 Å². The number of nitrogen functional groups attached to an aromatic ring is 1. The third kappa shape index (κ3) is 2.81. The fourth-order valence-electron chi connectivity index (χ4n) is 1.23. The number of hydrogen-bond donors (Lipinski definition) is 2. The van der Waals surface area contributed by atoms with E-state index >= 15 is 0 Å². The molecule has 2 rings (SSSR count). The minimum absolute atomic E-state index is 0.163. The van der Waals surface area contributed by atoms with Gasteiger partial charge in [-0.3, -0.25) is 4.79 Å². The van der Waals surface area contributed by atoms with Crippen molar-refractivity contribution in [1.29, 1.82) is 5.26 Å². The van der Waals surface area contributed by atoms with E-state index in [1.807, 2.05) is 6.07 Å². The Labute approximate surface area is 106 Å². The van der Waals surface area contributed by atoms with Crippen molar-refractivity contribution in [3.63, 3.8) is 0 Å². The standard InChI is InChI=1S/C10H8N4OS2/c11-4-6-1-2-16-9(6)14-8(15)3-7-5-17-10(12)13-7/h1-2,5H,3H2,(H2,12,13)(H,14,15). The van der Waals surface area contributed by atoms with Gasteiger partial charge in [0.1, 0.15) is 11.1 Å². The number of hydrogen-bond acceptors (Lipinski definition) is 6. The molecular formula is C10H8N4OS2. The molecule has 0 fully saturated rings. The van der Waals surface area contributed by atoms with Gasteiger partial charge in [0.15, 0.2) is 5.13 Å². The van der Waals surface area contributed by atoms with Crippen LogP contribution in [0.4, 0.5) is 10.1 Å². The van der Waals surface area contributed by atoms with Crippen LogP contribution in [0.5, 0.6) is 0 Å². The van der Waals surface area contributed by atoms with Gasteiger partial charge in [-0.1, -0.05) is 0 Å². The highest BCUT2D eigenvalue weighted by molar-refractivity contribution is 7.14. The Morgan fingerprint density at radius 1 is 1.59 bits per heavy atom. The van der Waals surface area contributed by atoms with E-state index in [1.54, 1.807) is 16.8 Å². The smallest absolute Gasteiger partial charge is 0.231 e. The maximum atomic E-state index is 11.7. The van der Waals surface area contributed by atoms with Gasteiger partial charge in [0.25, 0.3) is 0 Å². The Balaban J connectivity index is 2.01. The quantitative estimate of drug-likeness (QED) is 0.884. The lowest BCUT2D eigenvalue weighted by atomic mass is 10.3. The van der Waals surface area contributed by atoms with Gasteiger partial charge in [0.05, 0.1) is 17.7 Å². The van der Waals surface area contributed by atoms with Crippen LogP contribution < -0.4 is 11.1 Å². The van der Waals surface area contributed by atoms with Crippen molar-refractivity contribution in [3.05, 3.63) is 28.1 Å². The van der Waals surface area contributed by atoms with Crippen LogP contribution in [-0.2, 0) is 11.2 Å². The van der Waals surface area contributed by atoms with E-state index in [-0.39, 0.29) is 12.3 Å². The van der Waals surface area contributed by atoms with Crippen molar-refractivity contribution in [2.24, 2.45) is 0 Å². The van der Waals surface area contributed by atoms with E-state index in [0.717, 1.165) is 0 Å². The van der Waals surface area contributed by atoms with Crippen molar-refractivity contribution >= 4 is 38.7 Å². The lowest BCUT2D eigenvalue weighted by Gasteiger charge is -2.00. The molecule has 0 aliphatic heterocycles. The molecule has 0 radical (unpaired) electrons. The Morgan fingerprint density at radius 2 is 2.41 bits per heavy atom. The molecule has 0 saturated heterocycles. The van der Waals surface area contributed by atoms with Gasteiger partial charge in [-0.25, -0.2) is 4.98 Å². The zero-order chi connectivity index (χ0) is 12.3. The minimum Gasteiger partial charge on any atom is -0.375 e. The summed E-state index contributed by atoms with van der Waals surface area (Å²) in [5, 5.41) is 16.0. The van der Waals surface area contributed by atoms with Gasteiger partial charge in [0, 0.05) is 5.38 Å². The fraction of sp³-hybridized carbons (Fsp3) is 0.100. The first kappa shape index (κ1) is 11.6. The molecular weight excluding hydrogens is 256 g/mol. The summed E-state index contributed by atoms with van der Waals surface area (Å²) in [6.07, 6.45) is 0.163. The van der Waals surface area contributed by atoms with E-state index in [4.69, 9.17) is 11.0 Å². The molecule has 2 aromatic heterocycles. The normalized spacial score (nSPS) is 9.82. The number of aromatic nitrogens is 1. The number of thiazole rings is 1. The summed E-state index contributed by atoms with van der Waals surface area (Å²) >= 11 is 2.62. The zero-order valence-electron chi connectivity index (χ0n) is 8.64. The van der Waals surface area contributed by atoms with Gasteiger partial charge in [-0.2, -0.15) is 5.26 Å². The Bertz CT molecular complexity index is 581. The highest BCUT2D eigenvalue weighted by Gasteiger charge is 2.10. The summed E-state index contributed by atoms with van der Waals surface area (Å²) in [4.78, 5) is 15.7. The molecule has 5 nitrogen and oxygen atoms in total. The number of anilines is 2. The number of carbonyl (C=O) groups is 1. The molecule has 86 valence electrons. The molecule has 0 aliphatic carbocycles.